The Labute approximate surface area is 198 Å². The van der Waals surface area contributed by atoms with Crippen molar-refractivity contribution in [3.05, 3.63) is 59.7 Å². The van der Waals surface area contributed by atoms with Crippen molar-refractivity contribution in [2.45, 2.75) is 44.4 Å². The van der Waals surface area contributed by atoms with E-state index in [4.69, 9.17) is 0 Å². The SMILES string of the molecule is Cc1nnnn1-c1cc(NC(=O)C2CCN(S(=O)(=O)c3ccc(C(C)C)cc3)CC2)ccc1F. The quantitative estimate of drug-likeness (QED) is 0.573. The molecule has 1 aliphatic heterocycles. The maximum atomic E-state index is 14.3. The Bertz CT molecular complexity index is 1280. The molecule has 1 N–H and O–H groups in total. The van der Waals surface area contributed by atoms with E-state index in [1.807, 2.05) is 12.1 Å². The summed E-state index contributed by atoms with van der Waals surface area (Å²) < 4.78 is 43.0. The Kier molecular flexibility index (Phi) is 6.76. The van der Waals surface area contributed by atoms with E-state index < -0.39 is 15.8 Å². The van der Waals surface area contributed by atoms with Gasteiger partial charge >= 0.3 is 0 Å². The molecule has 1 amide bonds. The summed E-state index contributed by atoms with van der Waals surface area (Å²) in [5.74, 6) is -0.370. The van der Waals surface area contributed by atoms with Crippen LogP contribution in [0.4, 0.5) is 10.1 Å². The minimum Gasteiger partial charge on any atom is -0.326 e. The molecule has 0 aliphatic carbocycles. The van der Waals surface area contributed by atoms with E-state index in [0.29, 0.717) is 30.3 Å². The summed E-state index contributed by atoms with van der Waals surface area (Å²) in [6, 6.07) is 11.1. The number of benzene rings is 2. The largest absolute Gasteiger partial charge is 0.326 e. The molecule has 0 unspecified atom stereocenters. The third-order valence-electron chi connectivity index (χ3n) is 6.08. The number of hydrogen-bond donors (Lipinski definition) is 1. The third-order valence-corrected chi connectivity index (χ3v) is 7.99. The zero-order valence-corrected chi connectivity index (χ0v) is 20.1. The van der Waals surface area contributed by atoms with E-state index in [1.54, 1.807) is 19.1 Å². The monoisotopic (exact) mass is 486 g/mol. The number of carbonyl (C=O) groups excluding carboxylic acids is 1. The molecule has 0 atom stereocenters. The second-order valence-corrected chi connectivity index (χ2v) is 10.6. The third kappa shape index (κ3) is 4.85. The highest BCUT2D eigenvalue weighted by atomic mass is 32.2. The van der Waals surface area contributed by atoms with Gasteiger partial charge in [0, 0.05) is 24.7 Å². The lowest BCUT2D eigenvalue weighted by Crippen LogP contribution is -2.41. The summed E-state index contributed by atoms with van der Waals surface area (Å²) in [6.07, 6.45) is 0.796. The fourth-order valence-electron chi connectivity index (χ4n) is 3.98. The molecular weight excluding hydrogens is 459 g/mol. The summed E-state index contributed by atoms with van der Waals surface area (Å²) in [5, 5.41) is 13.8. The van der Waals surface area contributed by atoms with E-state index in [2.05, 4.69) is 34.7 Å². The Morgan fingerprint density at radius 3 is 2.38 bits per heavy atom. The molecule has 0 radical (unpaired) electrons. The number of anilines is 1. The highest BCUT2D eigenvalue weighted by Gasteiger charge is 2.32. The minimum atomic E-state index is -3.61. The van der Waals surface area contributed by atoms with Gasteiger partial charge < -0.3 is 5.32 Å². The van der Waals surface area contributed by atoms with Crippen molar-refractivity contribution < 1.29 is 17.6 Å². The number of nitrogens with zero attached hydrogens (tertiary/aromatic N) is 5. The predicted octanol–water partition coefficient (Wildman–Crippen LogP) is 3.27. The number of carbonyl (C=O) groups is 1. The number of aromatic nitrogens is 4. The zero-order valence-electron chi connectivity index (χ0n) is 19.3. The van der Waals surface area contributed by atoms with Crippen LogP contribution in [0.2, 0.25) is 0 Å². The number of tetrazole rings is 1. The molecule has 1 aromatic heterocycles. The average molecular weight is 487 g/mol. The van der Waals surface area contributed by atoms with Crippen molar-refractivity contribution in [2.75, 3.05) is 18.4 Å². The molecule has 4 rings (SSSR count). The molecule has 1 aliphatic rings. The Hall–Kier alpha value is -3.18. The lowest BCUT2D eigenvalue weighted by molar-refractivity contribution is -0.120. The number of piperidine rings is 1. The number of halogens is 1. The number of aryl methyl sites for hydroxylation is 1. The van der Waals surface area contributed by atoms with Crippen LogP contribution < -0.4 is 5.32 Å². The van der Waals surface area contributed by atoms with Crippen LogP contribution in [0.15, 0.2) is 47.4 Å². The highest BCUT2D eigenvalue weighted by Crippen LogP contribution is 2.27. The second kappa shape index (κ2) is 9.59. The molecule has 1 saturated heterocycles. The van der Waals surface area contributed by atoms with Crippen LogP contribution in [0, 0.1) is 18.7 Å². The van der Waals surface area contributed by atoms with Crippen LogP contribution in [0.5, 0.6) is 0 Å². The molecule has 1 fully saturated rings. The molecule has 180 valence electrons. The van der Waals surface area contributed by atoms with Gasteiger partial charge in [-0.05, 0) is 72.0 Å². The number of amides is 1. The lowest BCUT2D eigenvalue weighted by atomic mass is 9.97. The van der Waals surface area contributed by atoms with Crippen molar-refractivity contribution >= 4 is 21.6 Å². The fourth-order valence-corrected chi connectivity index (χ4v) is 5.45. The van der Waals surface area contributed by atoms with Gasteiger partial charge in [0.25, 0.3) is 0 Å². The second-order valence-electron chi connectivity index (χ2n) is 8.70. The summed E-state index contributed by atoms with van der Waals surface area (Å²) in [6.45, 7) is 6.26. The van der Waals surface area contributed by atoms with Crippen LogP contribution in [-0.4, -0.2) is 51.9 Å². The maximum Gasteiger partial charge on any atom is 0.243 e. The van der Waals surface area contributed by atoms with Gasteiger partial charge in [0.1, 0.15) is 11.5 Å². The molecule has 2 heterocycles. The Balaban J connectivity index is 1.40. The number of sulfonamides is 1. The predicted molar refractivity (Wildman–Crippen MR) is 124 cm³/mol. The zero-order chi connectivity index (χ0) is 24.5. The van der Waals surface area contributed by atoms with Gasteiger partial charge in [-0.2, -0.15) is 8.99 Å². The molecule has 3 aromatic rings. The molecule has 11 heteroatoms. The average Bonchev–Trinajstić information content (AvgIpc) is 3.26. The van der Waals surface area contributed by atoms with Crippen molar-refractivity contribution in [2.24, 2.45) is 5.92 Å². The molecule has 0 bridgehead atoms. The van der Waals surface area contributed by atoms with E-state index in [-0.39, 0.29) is 35.5 Å². The van der Waals surface area contributed by atoms with Crippen LogP contribution >= 0.6 is 0 Å². The van der Waals surface area contributed by atoms with E-state index in [1.165, 1.54) is 27.2 Å². The first kappa shape index (κ1) is 24.0. The van der Waals surface area contributed by atoms with Gasteiger partial charge in [0.2, 0.25) is 15.9 Å². The summed E-state index contributed by atoms with van der Waals surface area (Å²) in [7, 11) is -3.61. The van der Waals surface area contributed by atoms with Crippen molar-refractivity contribution in [3.63, 3.8) is 0 Å². The fraction of sp³-hybridized carbons (Fsp3) is 0.391. The lowest BCUT2D eigenvalue weighted by Gasteiger charge is -2.30. The molecule has 2 aromatic carbocycles. The van der Waals surface area contributed by atoms with Crippen LogP contribution in [0.25, 0.3) is 5.69 Å². The Morgan fingerprint density at radius 1 is 1.12 bits per heavy atom. The maximum absolute atomic E-state index is 14.3. The molecule has 0 spiro atoms. The normalized spacial score (nSPS) is 15.6. The van der Waals surface area contributed by atoms with Crippen LogP contribution in [-0.2, 0) is 14.8 Å². The first-order valence-electron chi connectivity index (χ1n) is 11.1. The van der Waals surface area contributed by atoms with E-state index >= 15 is 0 Å². The van der Waals surface area contributed by atoms with Crippen LogP contribution in [0.3, 0.4) is 0 Å². The molecule has 9 nitrogen and oxygen atoms in total. The highest BCUT2D eigenvalue weighted by molar-refractivity contribution is 7.89. The van der Waals surface area contributed by atoms with Crippen molar-refractivity contribution in [1.29, 1.82) is 0 Å². The standard InChI is InChI=1S/C23H27FN6O3S/c1-15(2)17-4-7-20(8-5-17)34(32,33)29-12-10-18(11-13-29)23(31)25-19-6-9-21(24)22(14-19)30-16(3)26-27-28-30/h4-9,14-15,18H,10-13H2,1-3H3,(H,25,31). The van der Waals surface area contributed by atoms with Crippen molar-refractivity contribution in [3.8, 4) is 5.69 Å². The summed E-state index contributed by atoms with van der Waals surface area (Å²) in [5.41, 5.74) is 1.62. The number of hydrogen-bond acceptors (Lipinski definition) is 6. The first-order valence-corrected chi connectivity index (χ1v) is 12.6. The number of nitrogens with one attached hydrogen (secondary N) is 1. The molecule has 34 heavy (non-hydrogen) atoms. The molecular formula is C23H27FN6O3S. The molecule has 0 saturated carbocycles. The van der Waals surface area contributed by atoms with Gasteiger partial charge in [-0.3, -0.25) is 4.79 Å². The minimum absolute atomic E-state index is 0.129. The smallest absolute Gasteiger partial charge is 0.243 e. The van der Waals surface area contributed by atoms with E-state index in [9.17, 15) is 17.6 Å². The van der Waals surface area contributed by atoms with Gasteiger partial charge in [-0.1, -0.05) is 26.0 Å². The first-order chi connectivity index (χ1) is 16.2. The topological polar surface area (TPSA) is 110 Å². The van der Waals surface area contributed by atoms with Gasteiger partial charge in [-0.25, -0.2) is 12.8 Å². The van der Waals surface area contributed by atoms with Crippen molar-refractivity contribution in [1.82, 2.24) is 24.5 Å². The number of rotatable bonds is 6. The summed E-state index contributed by atoms with van der Waals surface area (Å²) in [4.78, 5) is 13.1. The van der Waals surface area contributed by atoms with Gasteiger partial charge in [-0.15, -0.1) is 5.10 Å². The van der Waals surface area contributed by atoms with E-state index in [0.717, 1.165) is 5.56 Å². The van der Waals surface area contributed by atoms with Crippen LogP contribution in [0.1, 0.15) is 44.0 Å². The Morgan fingerprint density at radius 2 is 1.79 bits per heavy atom. The summed E-state index contributed by atoms with van der Waals surface area (Å²) >= 11 is 0. The van der Waals surface area contributed by atoms with Gasteiger partial charge in [0.05, 0.1) is 4.90 Å². The van der Waals surface area contributed by atoms with Gasteiger partial charge in [0.15, 0.2) is 5.82 Å².